The summed E-state index contributed by atoms with van der Waals surface area (Å²) < 4.78 is 14.2. The molecule has 0 saturated carbocycles. The second kappa shape index (κ2) is 5.75. The van der Waals surface area contributed by atoms with E-state index in [9.17, 15) is 4.39 Å². The van der Waals surface area contributed by atoms with Gasteiger partial charge >= 0.3 is 0 Å². The van der Waals surface area contributed by atoms with E-state index in [4.69, 9.17) is 23.2 Å². The van der Waals surface area contributed by atoms with Crippen molar-refractivity contribution >= 4 is 23.2 Å². The third-order valence-corrected chi connectivity index (χ3v) is 4.68. The number of benzene rings is 2. The Hall–Kier alpha value is -1.05. The number of rotatable bonds is 2. The molecule has 0 amide bonds. The smallest absolute Gasteiger partial charge is 0.146 e. The molecule has 0 aliphatic carbocycles. The Balaban J connectivity index is 2.65. The van der Waals surface area contributed by atoms with E-state index in [1.807, 2.05) is 27.7 Å². The van der Waals surface area contributed by atoms with Crippen LogP contribution in [0.4, 0.5) is 4.39 Å². The lowest BCUT2D eigenvalue weighted by molar-refractivity contribution is 0.612. The Labute approximate surface area is 129 Å². The Kier molecular flexibility index (Phi) is 4.41. The Morgan fingerprint density at radius 1 is 1.00 bits per heavy atom. The molecule has 20 heavy (non-hydrogen) atoms. The summed E-state index contributed by atoms with van der Waals surface area (Å²) >= 11 is 12.4. The number of halogens is 3. The fourth-order valence-corrected chi connectivity index (χ4v) is 3.18. The van der Waals surface area contributed by atoms with Crippen LogP contribution in [0.25, 0.3) is 0 Å². The molecule has 3 heteroatoms. The molecular formula is C17H17Cl2F. The van der Waals surface area contributed by atoms with Gasteiger partial charge in [-0.25, -0.2) is 4.39 Å². The van der Waals surface area contributed by atoms with Crippen LogP contribution in [0.3, 0.4) is 0 Å². The lowest BCUT2D eigenvalue weighted by atomic mass is 9.90. The maximum absolute atomic E-state index is 14.2. The number of hydrogen-bond donors (Lipinski definition) is 0. The minimum atomic E-state index is -0.535. The molecule has 0 bridgehead atoms. The van der Waals surface area contributed by atoms with Crippen LogP contribution in [0.5, 0.6) is 0 Å². The summed E-state index contributed by atoms with van der Waals surface area (Å²) in [6, 6.07) is 7.08. The van der Waals surface area contributed by atoms with E-state index < -0.39 is 11.2 Å². The van der Waals surface area contributed by atoms with E-state index in [1.165, 1.54) is 6.07 Å². The van der Waals surface area contributed by atoms with E-state index in [2.05, 4.69) is 6.07 Å². The van der Waals surface area contributed by atoms with Gasteiger partial charge in [-0.15, -0.1) is 11.6 Å². The minimum absolute atomic E-state index is 0.104. The highest BCUT2D eigenvalue weighted by Gasteiger charge is 2.22. The van der Waals surface area contributed by atoms with E-state index in [0.717, 1.165) is 27.8 Å². The predicted molar refractivity (Wildman–Crippen MR) is 84.5 cm³/mol. The van der Waals surface area contributed by atoms with Crippen LogP contribution < -0.4 is 0 Å². The maximum Gasteiger partial charge on any atom is 0.146 e. The quantitative estimate of drug-likeness (QED) is 0.593. The minimum Gasteiger partial charge on any atom is -0.205 e. The largest absolute Gasteiger partial charge is 0.205 e. The van der Waals surface area contributed by atoms with Crippen molar-refractivity contribution in [3.05, 3.63) is 68.5 Å². The van der Waals surface area contributed by atoms with E-state index in [-0.39, 0.29) is 5.02 Å². The number of hydrogen-bond acceptors (Lipinski definition) is 0. The first-order chi connectivity index (χ1) is 9.34. The molecule has 0 saturated heterocycles. The molecule has 1 atom stereocenters. The SMILES string of the molecule is Cc1cc(C)c(C)c(C(Cl)c2cccc(Cl)c2F)c1C. The van der Waals surface area contributed by atoms with Crippen molar-refractivity contribution in [2.45, 2.75) is 33.1 Å². The summed E-state index contributed by atoms with van der Waals surface area (Å²) in [6.45, 7) is 8.14. The number of aryl methyl sites for hydroxylation is 2. The molecule has 2 rings (SSSR count). The summed E-state index contributed by atoms with van der Waals surface area (Å²) in [5.41, 5.74) is 5.94. The van der Waals surface area contributed by atoms with Gasteiger partial charge in [-0.2, -0.15) is 0 Å². The van der Waals surface area contributed by atoms with Gasteiger partial charge in [-0.05, 0) is 61.6 Å². The monoisotopic (exact) mass is 310 g/mol. The molecule has 0 heterocycles. The van der Waals surface area contributed by atoms with Crippen LogP contribution in [0.2, 0.25) is 5.02 Å². The first-order valence-corrected chi connectivity index (χ1v) is 7.31. The highest BCUT2D eigenvalue weighted by atomic mass is 35.5. The van der Waals surface area contributed by atoms with Gasteiger partial charge in [-0.1, -0.05) is 29.8 Å². The van der Waals surface area contributed by atoms with Gasteiger partial charge in [0.15, 0.2) is 0 Å². The normalized spacial score (nSPS) is 12.6. The molecule has 1 unspecified atom stereocenters. The topological polar surface area (TPSA) is 0 Å². The Morgan fingerprint density at radius 3 is 2.10 bits per heavy atom. The molecule has 0 nitrogen and oxygen atoms in total. The molecule has 0 aliphatic heterocycles. The summed E-state index contributed by atoms with van der Waals surface area (Å²) in [7, 11) is 0. The molecule has 106 valence electrons. The third kappa shape index (κ3) is 2.57. The number of alkyl halides is 1. The zero-order chi connectivity index (χ0) is 15.0. The van der Waals surface area contributed by atoms with Gasteiger partial charge in [0, 0.05) is 5.56 Å². The second-order valence-corrected chi connectivity index (χ2v) is 6.02. The first kappa shape index (κ1) is 15.3. The van der Waals surface area contributed by atoms with Gasteiger partial charge in [0.1, 0.15) is 5.82 Å². The Bertz CT molecular complexity index is 636. The Morgan fingerprint density at radius 2 is 1.55 bits per heavy atom. The summed E-state index contributed by atoms with van der Waals surface area (Å²) in [5.74, 6) is -0.438. The van der Waals surface area contributed by atoms with Crippen molar-refractivity contribution in [1.82, 2.24) is 0 Å². The maximum atomic E-state index is 14.2. The van der Waals surface area contributed by atoms with E-state index in [0.29, 0.717) is 5.56 Å². The van der Waals surface area contributed by atoms with Crippen molar-refractivity contribution in [2.75, 3.05) is 0 Å². The summed E-state index contributed by atoms with van der Waals surface area (Å²) in [6.07, 6.45) is 0. The zero-order valence-corrected chi connectivity index (χ0v) is 13.5. The molecule has 2 aromatic carbocycles. The van der Waals surface area contributed by atoms with Crippen molar-refractivity contribution in [1.29, 1.82) is 0 Å². The molecular weight excluding hydrogens is 294 g/mol. The predicted octanol–water partition coefficient (Wildman–Crippen LogP) is 6.04. The van der Waals surface area contributed by atoms with E-state index in [1.54, 1.807) is 12.1 Å². The molecule has 0 aliphatic rings. The van der Waals surface area contributed by atoms with Gasteiger partial charge in [0.25, 0.3) is 0 Å². The van der Waals surface area contributed by atoms with Crippen molar-refractivity contribution in [3.63, 3.8) is 0 Å². The third-order valence-electron chi connectivity index (χ3n) is 3.93. The van der Waals surface area contributed by atoms with Gasteiger partial charge in [-0.3, -0.25) is 0 Å². The average molecular weight is 311 g/mol. The molecule has 0 radical (unpaired) electrons. The molecule has 0 spiro atoms. The van der Waals surface area contributed by atoms with E-state index >= 15 is 0 Å². The lowest BCUT2D eigenvalue weighted by Gasteiger charge is -2.20. The van der Waals surface area contributed by atoms with Crippen LogP contribution >= 0.6 is 23.2 Å². The molecule has 0 N–H and O–H groups in total. The fraction of sp³-hybridized carbons (Fsp3) is 0.294. The van der Waals surface area contributed by atoms with Crippen molar-refractivity contribution in [2.24, 2.45) is 0 Å². The average Bonchev–Trinajstić information content (AvgIpc) is 2.40. The van der Waals surface area contributed by atoms with Crippen molar-refractivity contribution < 1.29 is 4.39 Å². The first-order valence-electron chi connectivity index (χ1n) is 6.49. The van der Waals surface area contributed by atoms with Crippen LogP contribution in [0.15, 0.2) is 24.3 Å². The standard InChI is InChI=1S/C17H17Cl2F/c1-9-8-10(2)12(4)15(11(9)3)16(19)13-6-5-7-14(18)17(13)20/h5-8,16H,1-4H3. The fourth-order valence-electron chi connectivity index (χ4n) is 2.50. The van der Waals surface area contributed by atoms with Crippen LogP contribution in [-0.4, -0.2) is 0 Å². The molecule has 0 aromatic heterocycles. The van der Waals surface area contributed by atoms with Crippen LogP contribution in [0.1, 0.15) is 38.8 Å². The summed E-state index contributed by atoms with van der Waals surface area (Å²) in [4.78, 5) is 0. The lowest BCUT2D eigenvalue weighted by Crippen LogP contribution is -2.05. The van der Waals surface area contributed by atoms with Crippen LogP contribution in [-0.2, 0) is 0 Å². The van der Waals surface area contributed by atoms with Crippen LogP contribution in [0, 0.1) is 33.5 Å². The highest BCUT2D eigenvalue weighted by molar-refractivity contribution is 6.31. The summed E-state index contributed by atoms with van der Waals surface area (Å²) in [5, 5.41) is -0.430. The molecule has 0 fully saturated rings. The molecule has 2 aromatic rings. The highest BCUT2D eigenvalue weighted by Crippen LogP contribution is 2.38. The van der Waals surface area contributed by atoms with Gasteiger partial charge in [0.2, 0.25) is 0 Å². The van der Waals surface area contributed by atoms with Crippen molar-refractivity contribution in [3.8, 4) is 0 Å². The van der Waals surface area contributed by atoms with Gasteiger partial charge in [0.05, 0.1) is 10.4 Å². The zero-order valence-electron chi connectivity index (χ0n) is 12.0. The van der Waals surface area contributed by atoms with Gasteiger partial charge < -0.3 is 0 Å². The second-order valence-electron chi connectivity index (χ2n) is 5.18.